The summed E-state index contributed by atoms with van der Waals surface area (Å²) in [5, 5.41) is 0. The first-order chi connectivity index (χ1) is 8.43. The van der Waals surface area contributed by atoms with Crippen LogP contribution in [0.15, 0.2) is 47.5 Å². The Hall–Kier alpha value is -1.88. The molecule has 1 aromatic heterocycles. The number of aryl methyl sites for hydroxylation is 1. The minimum atomic E-state index is -3.69. The highest BCUT2D eigenvalue weighted by Crippen LogP contribution is 2.17. The largest absolute Gasteiger partial charge is 0.293 e. The molecule has 0 aliphatic carbocycles. The zero-order chi connectivity index (χ0) is 13.3. The van der Waals surface area contributed by atoms with Crippen LogP contribution in [0.5, 0.6) is 0 Å². The van der Waals surface area contributed by atoms with Crippen molar-refractivity contribution in [1.82, 2.24) is 3.97 Å². The molecule has 5 heteroatoms. The maximum Gasteiger partial charge on any atom is 0.268 e. The molecule has 0 saturated heterocycles. The van der Waals surface area contributed by atoms with Crippen LogP contribution in [0.1, 0.15) is 23.0 Å². The average Bonchev–Trinajstić information content (AvgIpc) is 2.79. The van der Waals surface area contributed by atoms with E-state index in [-0.39, 0.29) is 16.4 Å². The number of hydrogen-bond acceptors (Lipinski definition) is 3. The maximum absolute atomic E-state index is 12.3. The third kappa shape index (κ3) is 2.09. The predicted molar refractivity (Wildman–Crippen MR) is 68.2 cm³/mol. The molecule has 0 fully saturated rings. The van der Waals surface area contributed by atoms with Crippen molar-refractivity contribution in [1.29, 1.82) is 0 Å². The van der Waals surface area contributed by atoms with Crippen molar-refractivity contribution >= 4 is 15.8 Å². The van der Waals surface area contributed by atoms with Crippen molar-refractivity contribution in [3.8, 4) is 0 Å². The van der Waals surface area contributed by atoms with Crippen LogP contribution in [0.4, 0.5) is 0 Å². The Morgan fingerprint density at radius 1 is 1.11 bits per heavy atom. The highest BCUT2D eigenvalue weighted by atomic mass is 32.2. The summed E-state index contributed by atoms with van der Waals surface area (Å²) in [6.07, 6.45) is 1.38. The van der Waals surface area contributed by atoms with Crippen molar-refractivity contribution in [3.05, 3.63) is 53.9 Å². The molecule has 1 aromatic carbocycles. The molecule has 94 valence electrons. The molecule has 0 amide bonds. The molecule has 0 aliphatic heterocycles. The Morgan fingerprint density at radius 2 is 1.72 bits per heavy atom. The van der Waals surface area contributed by atoms with Gasteiger partial charge in [-0.1, -0.05) is 17.7 Å². The molecule has 2 rings (SSSR count). The van der Waals surface area contributed by atoms with E-state index >= 15 is 0 Å². The minimum Gasteiger partial charge on any atom is -0.293 e. The van der Waals surface area contributed by atoms with Crippen LogP contribution < -0.4 is 0 Å². The summed E-state index contributed by atoms with van der Waals surface area (Å²) in [7, 11) is -3.69. The summed E-state index contributed by atoms with van der Waals surface area (Å²) in [5.41, 5.74) is 1.14. The summed E-state index contributed by atoms with van der Waals surface area (Å²) in [6, 6.07) is 9.56. The molecule has 18 heavy (non-hydrogen) atoms. The van der Waals surface area contributed by atoms with Crippen molar-refractivity contribution in [3.63, 3.8) is 0 Å². The van der Waals surface area contributed by atoms with Gasteiger partial charge in [0.1, 0.15) is 0 Å². The number of hydrogen-bond donors (Lipinski definition) is 0. The van der Waals surface area contributed by atoms with Crippen molar-refractivity contribution in [2.45, 2.75) is 18.7 Å². The van der Waals surface area contributed by atoms with Crippen LogP contribution in [-0.2, 0) is 10.0 Å². The third-order valence-electron chi connectivity index (χ3n) is 2.65. The molecule has 2 aromatic rings. The zero-order valence-corrected chi connectivity index (χ0v) is 10.9. The SMILES string of the molecule is CC(=O)c1cccn1S(=O)(=O)c1ccc(C)cc1. The second-order valence-corrected chi connectivity index (χ2v) is 5.88. The van der Waals surface area contributed by atoms with Crippen molar-refractivity contribution in [2.24, 2.45) is 0 Å². The normalized spacial score (nSPS) is 11.4. The van der Waals surface area contributed by atoms with Crippen LogP contribution >= 0.6 is 0 Å². The van der Waals surface area contributed by atoms with E-state index in [1.807, 2.05) is 6.92 Å². The molecule has 0 radical (unpaired) electrons. The van der Waals surface area contributed by atoms with Gasteiger partial charge in [-0.05, 0) is 31.2 Å². The topological polar surface area (TPSA) is 56.1 Å². The van der Waals surface area contributed by atoms with Crippen molar-refractivity contribution < 1.29 is 13.2 Å². The second-order valence-electron chi connectivity index (χ2n) is 4.06. The van der Waals surface area contributed by atoms with Crippen LogP contribution in [0.25, 0.3) is 0 Å². The van der Waals surface area contributed by atoms with Gasteiger partial charge < -0.3 is 0 Å². The fourth-order valence-electron chi connectivity index (χ4n) is 1.67. The second kappa shape index (κ2) is 4.42. The quantitative estimate of drug-likeness (QED) is 0.798. The van der Waals surface area contributed by atoms with E-state index in [9.17, 15) is 13.2 Å². The van der Waals surface area contributed by atoms with Gasteiger partial charge in [0.15, 0.2) is 5.78 Å². The van der Waals surface area contributed by atoms with Gasteiger partial charge in [0, 0.05) is 13.1 Å². The lowest BCUT2D eigenvalue weighted by atomic mass is 10.2. The van der Waals surface area contributed by atoms with E-state index in [2.05, 4.69) is 0 Å². The van der Waals surface area contributed by atoms with Gasteiger partial charge in [0.2, 0.25) is 0 Å². The molecular formula is C13H13NO3S. The minimum absolute atomic E-state index is 0.163. The van der Waals surface area contributed by atoms with Gasteiger partial charge in [-0.3, -0.25) is 4.79 Å². The molecule has 1 heterocycles. The highest BCUT2D eigenvalue weighted by Gasteiger charge is 2.20. The fraction of sp³-hybridized carbons (Fsp3) is 0.154. The monoisotopic (exact) mass is 263 g/mol. The summed E-state index contributed by atoms with van der Waals surface area (Å²) in [6.45, 7) is 3.23. The molecule has 0 aliphatic rings. The van der Waals surface area contributed by atoms with E-state index in [1.165, 1.54) is 31.3 Å². The molecule has 0 spiro atoms. The lowest BCUT2D eigenvalue weighted by Gasteiger charge is -2.08. The van der Waals surface area contributed by atoms with Gasteiger partial charge >= 0.3 is 0 Å². The van der Waals surface area contributed by atoms with E-state index in [4.69, 9.17) is 0 Å². The van der Waals surface area contributed by atoms with Crippen molar-refractivity contribution in [2.75, 3.05) is 0 Å². The number of carbonyl (C=O) groups is 1. The van der Waals surface area contributed by atoms with Crippen LogP contribution in [0.2, 0.25) is 0 Å². The average molecular weight is 263 g/mol. The van der Waals surface area contributed by atoms with Gasteiger partial charge in [0.05, 0.1) is 10.6 Å². The van der Waals surface area contributed by atoms with E-state index in [0.29, 0.717) is 0 Å². The molecular weight excluding hydrogens is 250 g/mol. The van der Waals surface area contributed by atoms with Gasteiger partial charge in [-0.2, -0.15) is 0 Å². The fourth-order valence-corrected chi connectivity index (χ4v) is 3.06. The summed E-state index contributed by atoms with van der Waals surface area (Å²) < 4.78 is 25.7. The standard InChI is InChI=1S/C13H13NO3S/c1-10-5-7-12(8-6-10)18(16,17)14-9-3-4-13(14)11(2)15/h3-9H,1-2H3. The lowest BCUT2D eigenvalue weighted by molar-refractivity contribution is 0.101. The maximum atomic E-state index is 12.3. The number of carbonyl (C=O) groups excluding carboxylic acids is 1. The Morgan fingerprint density at radius 3 is 2.28 bits per heavy atom. The number of aromatic nitrogens is 1. The Bertz CT molecular complexity index is 681. The summed E-state index contributed by atoms with van der Waals surface area (Å²) >= 11 is 0. The number of rotatable bonds is 3. The Balaban J connectivity index is 2.58. The van der Waals surface area contributed by atoms with E-state index in [0.717, 1.165) is 9.54 Å². The number of benzene rings is 1. The molecule has 0 atom stereocenters. The Kier molecular flexibility index (Phi) is 3.09. The molecule has 0 bridgehead atoms. The van der Waals surface area contributed by atoms with E-state index < -0.39 is 10.0 Å². The smallest absolute Gasteiger partial charge is 0.268 e. The van der Waals surface area contributed by atoms with Crippen LogP contribution in [-0.4, -0.2) is 18.2 Å². The first kappa shape index (κ1) is 12.6. The van der Waals surface area contributed by atoms with Crippen LogP contribution in [0, 0.1) is 6.92 Å². The highest BCUT2D eigenvalue weighted by molar-refractivity contribution is 7.90. The lowest BCUT2D eigenvalue weighted by Crippen LogP contribution is -2.16. The first-order valence-electron chi connectivity index (χ1n) is 5.43. The summed E-state index contributed by atoms with van der Waals surface area (Å²) in [4.78, 5) is 11.5. The first-order valence-corrected chi connectivity index (χ1v) is 6.87. The zero-order valence-electron chi connectivity index (χ0n) is 10.1. The Labute approximate surface area is 106 Å². The van der Waals surface area contributed by atoms with Gasteiger partial charge in [0.25, 0.3) is 10.0 Å². The predicted octanol–water partition coefficient (Wildman–Crippen LogP) is 2.24. The number of ketones is 1. The molecule has 4 nitrogen and oxygen atoms in total. The van der Waals surface area contributed by atoms with Crippen LogP contribution in [0.3, 0.4) is 0 Å². The molecule has 0 unspecified atom stereocenters. The van der Waals surface area contributed by atoms with Gasteiger partial charge in [-0.25, -0.2) is 12.4 Å². The molecule has 0 N–H and O–H groups in total. The third-order valence-corrected chi connectivity index (χ3v) is 4.36. The number of Topliss-reactive ketones (excluding diaryl/α,β-unsaturated/α-hetero) is 1. The summed E-state index contributed by atoms with van der Waals surface area (Å²) in [5.74, 6) is -0.282. The van der Waals surface area contributed by atoms with E-state index in [1.54, 1.807) is 18.2 Å². The van der Waals surface area contributed by atoms with Gasteiger partial charge in [-0.15, -0.1) is 0 Å². The molecule has 0 saturated carbocycles. The number of nitrogens with zero attached hydrogens (tertiary/aromatic N) is 1.